The van der Waals surface area contributed by atoms with E-state index in [1.807, 2.05) is 6.92 Å². The zero-order chi connectivity index (χ0) is 11.7. The number of aromatic hydroxyl groups is 2. The summed E-state index contributed by atoms with van der Waals surface area (Å²) < 4.78 is 0. The molecule has 0 unspecified atom stereocenters. The topological polar surface area (TPSA) is 110 Å². The summed E-state index contributed by atoms with van der Waals surface area (Å²) in [5, 5.41) is 30.2. The fourth-order valence-electron chi connectivity index (χ4n) is 1.27. The Kier molecular flexibility index (Phi) is 2.35. The van der Waals surface area contributed by atoms with E-state index in [0.717, 1.165) is 0 Å². The molecule has 0 aliphatic heterocycles. The summed E-state index contributed by atoms with van der Waals surface area (Å²) in [6.45, 7) is 2.47. The van der Waals surface area contributed by atoms with Crippen molar-refractivity contribution in [3.05, 3.63) is 12.1 Å². The minimum Gasteiger partial charge on any atom is -0.504 e. The Morgan fingerprint density at radius 1 is 1.31 bits per heavy atom. The molecule has 84 valence electrons. The van der Waals surface area contributed by atoms with Gasteiger partial charge in [-0.3, -0.25) is 0 Å². The maximum absolute atomic E-state index is 9.36. The van der Waals surface area contributed by atoms with E-state index >= 15 is 0 Å². The molecule has 0 saturated carbocycles. The average molecular weight is 221 g/mol. The van der Waals surface area contributed by atoms with Crippen LogP contribution in [0.15, 0.2) is 12.1 Å². The predicted octanol–water partition coefficient (Wildman–Crippen LogP) is 0.353. The third-order valence-electron chi connectivity index (χ3n) is 2.12. The zero-order valence-electron chi connectivity index (χ0n) is 8.62. The predicted molar refractivity (Wildman–Crippen MR) is 56.7 cm³/mol. The molecule has 7 heteroatoms. The molecule has 4 N–H and O–H groups in total. The number of nitrogens with two attached hydrogens (primary N) is 1. The van der Waals surface area contributed by atoms with Crippen molar-refractivity contribution < 1.29 is 10.2 Å². The average Bonchev–Trinajstić information content (AvgIpc) is 2.71. The number of phenols is 2. The Morgan fingerprint density at radius 2 is 2.00 bits per heavy atom. The second kappa shape index (κ2) is 3.69. The molecule has 0 saturated heterocycles. The first-order chi connectivity index (χ1) is 7.61. The molecule has 0 amide bonds. The number of rotatable bonds is 2. The third-order valence-corrected chi connectivity index (χ3v) is 2.12. The quantitative estimate of drug-likeness (QED) is 0.383. The zero-order valence-corrected chi connectivity index (χ0v) is 8.62. The number of benzene rings is 1. The van der Waals surface area contributed by atoms with Crippen molar-refractivity contribution >= 4 is 5.69 Å². The van der Waals surface area contributed by atoms with E-state index < -0.39 is 0 Å². The summed E-state index contributed by atoms with van der Waals surface area (Å²) in [4.78, 5) is 1.40. The van der Waals surface area contributed by atoms with E-state index in [-0.39, 0.29) is 17.2 Å². The lowest BCUT2D eigenvalue weighted by Crippen LogP contribution is -1.98. The van der Waals surface area contributed by atoms with Gasteiger partial charge in [0.15, 0.2) is 11.5 Å². The minimum atomic E-state index is -0.274. The summed E-state index contributed by atoms with van der Waals surface area (Å²) >= 11 is 0. The Hall–Kier alpha value is -2.31. The highest BCUT2D eigenvalue weighted by Crippen LogP contribution is 2.34. The minimum absolute atomic E-state index is 0.267. The number of aromatic nitrogens is 4. The number of hydrogen-bond donors (Lipinski definition) is 3. The van der Waals surface area contributed by atoms with Crippen LogP contribution in [0.1, 0.15) is 6.92 Å². The Balaban J connectivity index is 2.51. The van der Waals surface area contributed by atoms with Gasteiger partial charge in [0, 0.05) is 17.3 Å². The molecule has 1 heterocycles. The molecule has 1 aromatic heterocycles. The van der Waals surface area contributed by atoms with Crippen LogP contribution in [0.25, 0.3) is 11.4 Å². The molecule has 1 aromatic carbocycles. The lowest BCUT2D eigenvalue weighted by molar-refractivity contribution is 0.404. The molecule has 16 heavy (non-hydrogen) atoms. The van der Waals surface area contributed by atoms with Crippen LogP contribution < -0.4 is 5.73 Å². The highest BCUT2D eigenvalue weighted by atomic mass is 16.3. The van der Waals surface area contributed by atoms with E-state index in [0.29, 0.717) is 17.9 Å². The fraction of sp³-hybridized carbons (Fsp3) is 0.222. The van der Waals surface area contributed by atoms with Crippen molar-refractivity contribution in [2.75, 3.05) is 5.73 Å². The first-order valence-electron chi connectivity index (χ1n) is 4.71. The Morgan fingerprint density at radius 3 is 2.62 bits per heavy atom. The SMILES string of the molecule is CCn1nnc(-c2cc(O)c(O)cc2N)n1. The van der Waals surface area contributed by atoms with Crippen LogP contribution in [0.4, 0.5) is 5.69 Å². The highest BCUT2D eigenvalue weighted by Gasteiger charge is 2.12. The van der Waals surface area contributed by atoms with Gasteiger partial charge in [0.1, 0.15) is 0 Å². The van der Waals surface area contributed by atoms with Gasteiger partial charge in [0.05, 0.1) is 6.54 Å². The molecular weight excluding hydrogens is 210 g/mol. The monoisotopic (exact) mass is 221 g/mol. The molecule has 0 radical (unpaired) electrons. The first-order valence-corrected chi connectivity index (χ1v) is 4.71. The number of aryl methyl sites for hydroxylation is 1. The van der Waals surface area contributed by atoms with Gasteiger partial charge in [0.25, 0.3) is 0 Å². The van der Waals surface area contributed by atoms with Crippen molar-refractivity contribution in [2.24, 2.45) is 0 Å². The second-order valence-corrected chi connectivity index (χ2v) is 3.23. The van der Waals surface area contributed by atoms with E-state index in [1.54, 1.807) is 0 Å². The third kappa shape index (κ3) is 1.62. The van der Waals surface area contributed by atoms with Crippen molar-refractivity contribution in [1.29, 1.82) is 0 Å². The number of phenolic OH excluding ortho intramolecular Hbond substituents is 2. The van der Waals surface area contributed by atoms with Crippen LogP contribution in [0.3, 0.4) is 0 Å². The summed E-state index contributed by atoms with van der Waals surface area (Å²) in [5.41, 5.74) is 6.41. The standard InChI is InChI=1S/C9H11N5O2/c1-2-14-12-9(11-13-14)5-3-7(15)8(16)4-6(5)10/h3-4,15-16H,2,10H2,1H3. The summed E-state index contributed by atoms with van der Waals surface area (Å²) in [5.74, 6) is -0.226. The van der Waals surface area contributed by atoms with Crippen molar-refractivity contribution in [1.82, 2.24) is 20.2 Å². The number of nitrogen functional groups attached to an aromatic ring is 1. The molecule has 0 spiro atoms. The van der Waals surface area contributed by atoms with Crippen LogP contribution in [0.2, 0.25) is 0 Å². The molecule has 0 aliphatic carbocycles. The molecule has 7 nitrogen and oxygen atoms in total. The van der Waals surface area contributed by atoms with E-state index in [1.165, 1.54) is 16.9 Å². The van der Waals surface area contributed by atoms with E-state index in [9.17, 15) is 10.2 Å². The van der Waals surface area contributed by atoms with Crippen LogP contribution in [-0.2, 0) is 6.54 Å². The Bertz CT molecular complexity index is 523. The smallest absolute Gasteiger partial charge is 0.207 e. The van der Waals surface area contributed by atoms with Gasteiger partial charge in [-0.1, -0.05) is 0 Å². The van der Waals surface area contributed by atoms with Gasteiger partial charge < -0.3 is 15.9 Å². The molecular formula is C9H11N5O2. The van der Waals surface area contributed by atoms with Crippen LogP contribution in [0, 0.1) is 0 Å². The largest absolute Gasteiger partial charge is 0.504 e. The maximum atomic E-state index is 9.36. The van der Waals surface area contributed by atoms with Crippen molar-refractivity contribution in [3.8, 4) is 22.9 Å². The number of hydrogen-bond acceptors (Lipinski definition) is 6. The molecule has 2 rings (SSSR count). The number of nitrogens with zero attached hydrogens (tertiary/aromatic N) is 4. The second-order valence-electron chi connectivity index (χ2n) is 3.23. The molecule has 0 bridgehead atoms. The molecule has 0 atom stereocenters. The fourth-order valence-corrected chi connectivity index (χ4v) is 1.27. The van der Waals surface area contributed by atoms with Crippen molar-refractivity contribution in [3.63, 3.8) is 0 Å². The van der Waals surface area contributed by atoms with Gasteiger partial charge in [0.2, 0.25) is 5.82 Å². The van der Waals surface area contributed by atoms with Crippen LogP contribution >= 0.6 is 0 Å². The summed E-state index contributed by atoms with van der Waals surface area (Å²) in [6.07, 6.45) is 0. The number of tetrazole rings is 1. The van der Waals surface area contributed by atoms with Gasteiger partial charge in [-0.05, 0) is 18.2 Å². The summed E-state index contributed by atoms with van der Waals surface area (Å²) in [6, 6.07) is 2.55. The lowest BCUT2D eigenvalue weighted by atomic mass is 10.1. The van der Waals surface area contributed by atoms with Crippen LogP contribution in [-0.4, -0.2) is 30.4 Å². The number of anilines is 1. The normalized spacial score (nSPS) is 10.6. The van der Waals surface area contributed by atoms with E-state index in [4.69, 9.17) is 5.73 Å². The van der Waals surface area contributed by atoms with Crippen LogP contribution in [0.5, 0.6) is 11.5 Å². The summed E-state index contributed by atoms with van der Waals surface area (Å²) in [7, 11) is 0. The van der Waals surface area contributed by atoms with E-state index in [2.05, 4.69) is 15.4 Å². The molecule has 0 fully saturated rings. The van der Waals surface area contributed by atoms with Gasteiger partial charge in [-0.25, -0.2) is 0 Å². The highest BCUT2D eigenvalue weighted by molar-refractivity contribution is 5.75. The maximum Gasteiger partial charge on any atom is 0.207 e. The van der Waals surface area contributed by atoms with Crippen molar-refractivity contribution in [2.45, 2.75) is 13.5 Å². The Labute approximate surface area is 91.1 Å². The van der Waals surface area contributed by atoms with Gasteiger partial charge in [-0.2, -0.15) is 4.80 Å². The lowest BCUT2D eigenvalue weighted by Gasteiger charge is -2.03. The van der Waals surface area contributed by atoms with Gasteiger partial charge in [-0.15, -0.1) is 10.2 Å². The first kappa shape index (κ1) is 10.2. The molecule has 2 aromatic rings. The molecule has 0 aliphatic rings. The van der Waals surface area contributed by atoms with Gasteiger partial charge >= 0.3 is 0 Å².